The number of aliphatic imine (C=N–C) groups is 1. The van der Waals surface area contributed by atoms with Crippen LogP contribution >= 0.6 is 24.0 Å². The molecular formula is C18H28IN5. The molecule has 2 aromatic rings. The van der Waals surface area contributed by atoms with Crippen molar-refractivity contribution in [3.63, 3.8) is 0 Å². The lowest BCUT2D eigenvalue weighted by atomic mass is 10.2. The number of benzene rings is 1. The third-order valence-electron chi connectivity index (χ3n) is 3.63. The predicted molar refractivity (Wildman–Crippen MR) is 111 cm³/mol. The average Bonchev–Trinajstić information content (AvgIpc) is 3.01. The van der Waals surface area contributed by atoms with E-state index in [1.165, 1.54) is 5.56 Å². The predicted octanol–water partition coefficient (Wildman–Crippen LogP) is 3.40. The Morgan fingerprint density at radius 2 is 1.96 bits per heavy atom. The van der Waals surface area contributed by atoms with Gasteiger partial charge in [-0.15, -0.1) is 24.0 Å². The summed E-state index contributed by atoms with van der Waals surface area (Å²) in [5.41, 5.74) is 2.36. The Morgan fingerprint density at radius 3 is 2.62 bits per heavy atom. The van der Waals surface area contributed by atoms with Crippen LogP contribution in [-0.2, 0) is 13.1 Å². The van der Waals surface area contributed by atoms with Gasteiger partial charge in [0.15, 0.2) is 5.96 Å². The molecule has 0 saturated carbocycles. The summed E-state index contributed by atoms with van der Waals surface area (Å²) < 4.78 is 1.95. The largest absolute Gasteiger partial charge is 0.357 e. The first kappa shape index (κ1) is 20.5. The zero-order valence-electron chi connectivity index (χ0n) is 14.7. The third kappa shape index (κ3) is 6.90. The van der Waals surface area contributed by atoms with Gasteiger partial charge in [0.05, 0.1) is 19.3 Å². The molecule has 0 fully saturated rings. The van der Waals surface area contributed by atoms with Crippen LogP contribution in [0.5, 0.6) is 0 Å². The zero-order valence-corrected chi connectivity index (χ0v) is 17.0. The summed E-state index contributed by atoms with van der Waals surface area (Å²) in [5.74, 6) is 0.859. The summed E-state index contributed by atoms with van der Waals surface area (Å²) in [6, 6.07) is 10.8. The first-order valence-corrected chi connectivity index (χ1v) is 8.31. The number of halogens is 1. The average molecular weight is 441 g/mol. The molecule has 0 aliphatic rings. The van der Waals surface area contributed by atoms with E-state index in [2.05, 4.69) is 59.8 Å². The minimum atomic E-state index is 0. The summed E-state index contributed by atoms with van der Waals surface area (Å²) in [6.45, 7) is 8.66. The van der Waals surface area contributed by atoms with Gasteiger partial charge in [0.25, 0.3) is 0 Å². The molecule has 0 saturated heterocycles. The van der Waals surface area contributed by atoms with Gasteiger partial charge in [-0.1, -0.05) is 37.3 Å². The van der Waals surface area contributed by atoms with Gasteiger partial charge in [-0.05, 0) is 25.8 Å². The Morgan fingerprint density at radius 1 is 1.21 bits per heavy atom. The number of guanidine groups is 1. The lowest BCUT2D eigenvalue weighted by Gasteiger charge is -2.15. The van der Waals surface area contributed by atoms with Gasteiger partial charge < -0.3 is 10.6 Å². The Balaban J connectivity index is 0.00000288. The van der Waals surface area contributed by atoms with Crippen molar-refractivity contribution in [3.05, 3.63) is 53.9 Å². The van der Waals surface area contributed by atoms with Gasteiger partial charge in [0, 0.05) is 24.3 Å². The highest BCUT2D eigenvalue weighted by Gasteiger charge is 2.03. The van der Waals surface area contributed by atoms with Gasteiger partial charge in [0.1, 0.15) is 0 Å². The zero-order chi connectivity index (χ0) is 16.5. The summed E-state index contributed by atoms with van der Waals surface area (Å²) in [4.78, 5) is 4.63. The number of rotatable bonds is 7. The lowest BCUT2D eigenvalue weighted by molar-refractivity contribution is 0.624. The Kier molecular flexibility index (Phi) is 9.44. The van der Waals surface area contributed by atoms with Crippen LogP contribution in [0.25, 0.3) is 0 Å². The fourth-order valence-electron chi connectivity index (χ4n) is 2.17. The van der Waals surface area contributed by atoms with Crippen molar-refractivity contribution < 1.29 is 0 Å². The Hall–Kier alpha value is -1.57. The van der Waals surface area contributed by atoms with Gasteiger partial charge >= 0.3 is 0 Å². The minimum Gasteiger partial charge on any atom is -0.357 e. The third-order valence-corrected chi connectivity index (χ3v) is 3.63. The normalized spacial score (nSPS) is 12.4. The van der Waals surface area contributed by atoms with Gasteiger partial charge in [-0.2, -0.15) is 5.10 Å². The highest BCUT2D eigenvalue weighted by atomic mass is 127. The number of hydrogen-bond acceptors (Lipinski definition) is 2. The SMILES string of the molecule is CCNC(=NCc1cnn(Cc2ccccc2)c1)NC(C)CC.I. The quantitative estimate of drug-likeness (QED) is 0.394. The van der Waals surface area contributed by atoms with Crippen molar-refractivity contribution in [3.8, 4) is 0 Å². The van der Waals surface area contributed by atoms with Crippen LogP contribution < -0.4 is 10.6 Å². The molecule has 1 unspecified atom stereocenters. The van der Waals surface area contributed by atoms with Crippen LogP contribution in [-0.4, -0.2) is 28.3 Å². The van der Waals surface area contributed by atoms with Crippen LogP contribution in [0.3, 0.4) is 0 Å². The molecule has 1 aromatic carbocycles. The highest BCUT2D eigenvalue weighted by Crippen LogP contribution is 2.05. The van der Waals surface area contributed by atoms with E-state index >= 15 is 0 Å². The number of aromatic nitrogens is 2. The van der Waals surface area contributed by atoms with Crippen molar-refractivity contribution in [2.45, 2.75) is 46.3 Å². The molecule has 0 bridgehead atoms. The fourth-order valence-corrected chi connectivity index (χ4v) is 2.17. The summed E-state index contributed by atoms with van der Waals surface area (Å²) in [7, 11) is 0. The Bertz CT molecular complexity index is 609. The van der Waals surface area contributed by atoms with Crippen molar-refractivity contribution in [1.82, 2.24) is 20.4 Å². The topological polar surface area (TPSA) is 54.2 Å². The maximum Gasteiger partial charge on any atom is 0.191 e. The second kappa shape index (κ2) is 11.1. The van der Waals surface area contributed by atoms with Crippen molar-refractivity contribution in [1.29, 1.82) is 0 Å². The standard InChI is InChI=1S/C18H27N5.HI/c1-4-15(3)22-18(19-5-2)20-11-17-12-21-23(14-17)13-16-9-7-6-8-10-16;/h6-10,12,14-15H,4-5,11,13H2,1-3H3,(H2,19,20,22);1H. The van der Waals surface area contributed by atoms with Crippen molar-refractivity contribution >= 4 is 29.9 Å². The molecule has 1 heterocycles. The van der Waals surface area contributed by atoms with Gasteiger partial charge in [-0.25, -0.2) is 4.99 Å². The molecule has 2 N–H and O–H groups in total. The van der Waals surface area contributed by atoms with Crippen LogP contribution in [0.4, 0.5) is 0 Å². The molecule has 24 heavy (non-hydrogen) atoms. The molecule has 132 valence electrons. The van der Waals surface area contributed by atoms with Crippen molar-refractivity contribution in [2.75, 3.05) is 6.54 Å². The summed E-state index contributed by atoms with van der Waals surface area (Å²) >= 11 is 0. The molecule has 5 nitrogen and oxygen atoms in total. The van der Waals surface area contributed by atoms with Crippen LogP contribution in [0.1, 0.15) is 38.3 Å². The van der Waals surface area contributed by atoms with E-state index in [0.717, 1.165) is 31.0 Å². The van der Waals surface area contributed by atoms with E-state index in [1.807, 2.05) is 29.1 Å². The van der Waals surface area contributed by atoms with Crippen LogP contribution in [0, 0.1) is 0 Å². The minimum absolute atomic E-state index is 0. The van der Waals surface area contributed by atoms with E-state index in [0.29, 0.717) is 12.6 Å². The van der Waals surface area contributed by atoms with Crippen LogP contribution in [0.15, 0.2) is 47.7 Å². The monoisotopic (exact) mass is 441 g/mol. The highest BCUT2D eigenvalue weighted by molar-refractivity contribution is 14.0. The summed E-state index contributed by atoms with van der Waals surface area (Å²) in [5, 5.41) is 11.1. The first-order valence-electron chi connectivity index (χ1n) is 8.31. The molecule has 1 aromatic heterocycles. The van der Waals surface area contributed by atoms with Gasteiger partial charge in [-0.3, -0.25) is 4.68 Å². The maximum atomic E-state index is 4.63. The van der Waals surface area contributed by atoms with E-state index in [9.17, 15) is 0 Å². The van der Waals surface area contributed by atoms with Crippen LogP contribution in [0.2, 0.25) is 0 Å². The molecule has 1 atom stereocenters. The molecule has 0 aliphatic carbocycles. The molecule has 0 aliphatic heterocycles. The Labute approximate surface area is 162 Å². The molecule has 6 heteroatoms. The molecule has 0 spiro atoms. The number of nitrogens with one attached hydrogen (secondary N) is 2. The van der Waals surface area contributed by atoms with E-state index < -0.39 is 0 Å². The molecular weight excluding hydrogens is 413 g/mol. The first-order chi connectivity index (χ1) is 11.2. The van der Waals surface area contributed by atoms with E-state index in [-0.39, 0.29) is 24.0 Å². The smallest absolute Gasteiger partial charge is 0.191 e. The fraction of sp³-hybridized carbons (Fsp3) is 0.444. The van der Waals surface area contributed by atoms with Crippen molar-refractivity contribution in [2.24, 2.45) is 4.99 Å². The lowest BCUT2D eigenvalue weighted by Crippen LogP contribution is -2.41. The second-order valence-electron chi connectivity index (χ2n) is 5.68. The molecule has 0 amide bonds. The summed E-state index contributed by atoms with van der Waals surface area (Å²) in [6.07, 6.45) is 5.02. The van der Waals surface area contributed by atoms with E-state index in [1.54, 1.807) is 0 Å². The van der Waals surface area contributed by atoms with Gasteiger partial charge in [0.2, 0.25) is 0 Å². The number of nitrogens with zero attached hydrogens (tertiary/aromatic N) is 3. The second-order valence-corrected chi connectivity index (χ2v) is 5.68. The number of hydrogen-bond donors (Lipinski definition) is 2. The maximum absolute atomic E-state index is 4.63. The molecule has 0 radical (unpaired) electrons. The van der Waals surface area contributed by atoms with E-state index in [4.69, 9.17) is 0 Å². The molecule has 2 rings (SSSR count).